The number of hydrazine groups is 1. The fourth-order valence-electron chi connectivity index (χ4n) is 2.84. The molecule has 0 saturated heterocycles. The number of aliphatic carboxylic acids is 1. The Morgan fingerprint density at radius 3 is 1.91 bits per heavy atom. The van der Waals surface area contributed by atoms with Gasteiger partial charge in [-0.2, -0.15) is 6.20 Å². The minimum absolute atomic E-state index is 0. The van der Waals surface area contributed by atoms with Crippen molar-refractivity contribution >= 4 is 25.5 Å². The fraction of sp³-hybridized carbons (Fsp3) is 0.360. The van der Waals surface area contributed by atoms with E-state index in [9.17, 15) is 14.7 Å². The van der Waals surface area contributed by atoms with Gasteiger partial charge in [-0.25, -0.2) is 4.79 Å². The van der Waals surface area contributed by atoms with Crippen LogP contribution in [0.5, 0.6) is 0 Å². The molecule has 0 radical (unpaired) electrons. The van der Waals surface area contributed by atoms with Gasteiger partial charge in [-0.15, -0.1) is 25.6 Å². The van der Waals surface area contributed by atoms with Crippen LogP contribution in [0.25, 0.3) is 5.70 Å². The Morgan fingerprint density at radius 2 is 1.50 bits per heavy atom. The Kier molecular flexibility index (Phi) is 20.3. The van der Waals surface area contributed by atoms with Crippen LogP contribution in [-0.4, -0.2) is 35.5 Å². The number of carbonyl (C=O) groups is 2. The summed E-state index contributed by atoms with van der Waals surface area (Å²) in [5.74, 6) is 3.66. The van der Waals surface area contributed by atoms with Crippen LogP contribution in [0.15, 0.2) is 54.6 Å². The van der Waals surface area contributed by atoms with Crippen molar-refractivity contribution in [3.63, 3.8) is 0 Å². The van der Waals surface area contributed by atoms with Gasteiger partial charge in [0, 0.05) is 5.56 Å². The van der Waals surface area contributed by atoms with Gasteiger partial charge in [-0.1, -0.05) is 82.8 Å². The first-order chi connectivity index (χ1) is 15.9. The number of amides is 1. The summed E-state index contributed by atoms with van der Waals surface area (Å²) in [5, 5.41) is 11.9. The number of nitrogens with one attached hydrogen (secondary N) is 2. The number of benzene rings is 2. The van der Waals surface area contributed by atoms with E-state index in [1.54, 1.807) is 48.5 Å². The van der Waals surface area contributed by atoms with Crippen LogP contribution < -0.4 is 22.3 Å². The minimum Gasteiger partial charge on any atom is -0.488 e. The molecule has 1 atom stereocenters. The van der Waals surface area contributed by atoms with Crippen molar-refractivity contribution in [2.45, 2.75) is 40.7 Å². The molecule has 0 aliphatic rings. The van der Waals surface area contributed by atoms with Crippen molar-refractivity contribution in [1.29, 1.82) is 0 Å². The van der Waals surface area contributed by atoms with E-state index >= 15 is 0 Å². The molecule has 1 unspecified atom stereocenters. The van der Waals surface area contributed by atoms with Crippen LogP contribution in [-0.2, 0) is 27.2 Å². The predicted molar refractivity (Wildman–Crippen MR) is 139 cm³/mol. The van der Waals surface area contributed by atoms with E-state index < -0.39 is 17.9 Å². The summed E-state index contributed by atoms with van der Waals surface area (Å²) in [6, 6.07) is 13.7. The van der Waals surface area contributed by atoms with Gasteiger partial charge < -0.3 is 21.6 Å². The molecule has 34 heavy (non-hydrogen) atoms. The first kappa shape index (κ1) is 34.0. The zero-order valence-corrected chi connectivity index (χ0v) is 23.6. The molecule has 192 valence electrons. The molecule has 2 aromatic carbocycles. The average molecular weight is 671 g/mol. The van der Waals surface area contributed by atoms with Crippen LogP contribution in [0.2, 0.25) is 0 Å². The predicted octanol–water partition coefficient (Wildman–Crippen LogP) is 4.32. The molecule has 2 rings (SSSR count). The molecule has 7 nitrogen and oxygen atoms in total. The van der Waals surface area contributed by atoms with Crippen molar-refractivity contribution in [2.24, 2.45) is 11.6 Å². The third-order valence-corrected chi connectivity index (χ3v) is 7.38. The quantitative estimate of drug-likeness (QED) is 0.0676. The third kappa shape index (κ3) is 11.8. The van der Waals surface area contributed by atoms with E-state index in [4.69, 9.17) is 11.6 Å². The molecular formula is C25H38AuN4O3P. The number of carbonyl (C=O) groups excluding carboxylic acids is 1. The Bertz CT molecular complexity index is 857. The van der Waals surface area contributed by atoms with Crippen LogP contribution in [0.3, 0.4) is 0 Å². The van der Waals surface area contributed by atoms with Crippen LogP contribution in [0, 0.1) is 6.20 Å². The molecule has 1 amide bonds. The minimum atomic E-state index is -1.15. The molecule has 0 spiro atoms. The molecule has 0 bridgehead atoms. The zero-order valence-electron chi connectivity index (χ0n) is 20.6. The summed E-state index contributed by atoms with van der Waals surface area (Å²) in [7, 11) is 0.446. The van der Waals surface area contributed by atoms with Crippen LogP contribution >= 0.6 is 7.92 Å². The van der Waals surface area contributed by atoms with Gasteiger partial charge in [-0.05, 0) is 24.0 Å². The number of carboxylic acid groups (broad SMARTS) is 1. The maximum atomic E-state index is 12.4. The molecule has 0 aliphatic heterocycles. The van der Waals surface area contributed by atoms with Crippen LogP contribution in [0.4, 0.5) is 0 Å². The summed E-state index contributed by atoms with van der Waals surface area (Å²) >= 11 is 0. The van der Waals surface area contributed by atoms with E-state index in [2.05, 4.69) is 37.7 Å². The van der Waals surface area contributed by atoms with E-state index in [1.165, 1.54) is 24.6 Å². The third-order valence-electron chi connectivity index (χ3n) is 4.70. The summed E-state index contributed by atoms with van der Waals surface area (Å²) in [6.45, 7) is 10.9. The molecule has 0 saturated carbocycles. The molecule has 0 heterocycles. The Labute approximate surface area is 221 Å². The SMILES string of the molecule is CC.CCP(CC)CC.N[C-]=C(NN)c1cccc(C(=O)NC(C(=O)O)c2ccccc2)c1.[Au+]. The van der Waals surface area contributed by atoms with Gasteiger partial charge >= 0.3 is 28.3 Å². The molecule has 0 fully saturated rings. The van der Waals surface area contributed by atoms with Crippen LogP contribution in [0.1, 0.15) is 62.1 Å². The number of carboxylic acids is 1. The number of rotatable bonds is 9. The van der Waals surface area contributed by atoms with Gasteiger partial charge in [0.05, 0.1) is 0 Å². The van der Waals surface area contributed by atoms with Crippen molar-refractivity contribution in [1.82, 2.24) is 10.7 Å². The topological polar surface area (TPSA) is 130 Å². The van der Waals surface area contributed by atoms with Gasteiger partial charge in [0.15, 0.2) is 6.04 Å². The summed E-state index contributed by atoms with van der Waals surface area (Å²) in [6.07, 6.45) is 6.63. The second-order valence-electron chi connectivity index (χ2n) is 6.52. The maximum Gasteiger partial charge on any atom is 1.00 e. The molecule has 9 heteroatoms. The largest absolute Gasteiger partial charge is 1.00 e. The standard InChI is InChI=1S/C17H17N4O3.C6H15P.C2H6.Au/c18-10-14(21-19)12-7-4-8-13(9-12)16(22)20-15(17(23)24)11-5-2-1-3-6-11;1-4-7(5-2)6-3;1-2;/h1-9,15,21H,18-19H2,(H,20,22)(H,23,24);4-6H2,1-3H3;1-2H3;/q-1;;;+1. The van der Waals surface area contributed by atoms with Crippen molar-refractivity contribution in [2.75, 3.05) is 18.5 Å². The average Bonchev–Trinajstić information content (AvgIpc) is 2.86. The summed E-state index contributed by atoms with van der Waals surface area (Å²) in [4.78, 5) is 23.9. The smallest absolute Gasteiger partial charge is 0.488 e. The molecule has 0 aromatic heterocycles. The zero-order chi connectivity index (χ0) is 25.2. The normalized spacial score (nSPS) is 11.0. The molecule has 0 aliphatic carbocycles. The van der Waals surface area contributed by atoms with E-state index in [1.807, 2.05) is 13.8 Å². The Hall–Kier alpha value is -2.15. The number of hydrogen-bond donors (Lipinski definition) is 5. The first-order valence-corrected chi connectivity index (χ1v) is 13.0. The van der Waals surface area contributed by atoms with Gasteiger partial charge in [0.1, 0.15) is 0 Å². The molecule has 2 aromatic rings. The van der Waals surface area contributed by atoms with E-state index in [0.29, 0.717) is 24.7 Å². The van der Waals surface area contributed by atoms with Crippen molar-refractivity contribution < 1.29 is 37.1 Å². The monoisotopic (exact) mass is 670 g/mol. The van der Waals surface area contributed by atoms with E-state index in [-0.39, 0.29) is 27.9 Å². The molecular weight excluding hydrogens is 632 g/mol. The molecule has 7 N–H and O–H groups in total. The van der Waals surface area contributed by atoms with Crippen molar-refractivity contribution in [3.05, 3.63) is 77.5 Å². The Morgan fingerprint density at radius 1 is 0.971 bits per heavy atom. The summed E-state index contributed by atoms with van der Waals surface area (Å²) in [5.41, 5.74) is 9.34. The second kappa shape index (κ2) is 20.2. The Balaban J connectivity index is 0. The second-order valence-corrected chi connectivity index (χ2v) is 9.76. The number of nitrogens with two attached hydrogens (primary N) is 2. The fourth-order valence-corrected chi connectivity index (χ4v) is 4.18. The number of hydrogen-bond acceptors (Lipinski definition) is 5. The van der Waals surface area contributed by atoms with Crippen molar-refractivity contribution in [3.8, 4) is 0 Å². The maximum absolute atomic E-state index is 12.4. The first-order valence-electron chi connectivity index (χ1n) is 11.1. The van der Waals surface area contributed by atoms with Gasteiger partial charge in [0.25, 0.3) is 5.91 Å². The van der Waals surface area contributed by atoms with E-state index in [0.717, 1.165) is 0 Å². The van der Waals surface area contributed by atoms with Gasteiger partial charge in [0.2, 0.25) is 0 Å². The summed E-state index contributed by atoms with van der Waals surface area (Å²) < 4.78 is 0. The van der Waals surface area contributed by atoms with Gasteiger partial charge in [-0.3, -0.25) is 10.6 Å².